The molecule has 1 aliphatic carbocycles. The maximum atomic E-state index is 12.6. The number of hydrogen-bond acceptors (Lipinski definition) is 3. The first-order valence-corrected chi connectivity index (χ1v) is 8.84. The van der Waals surface area contributed by atoms with Crippen molar-refractivity contribution < 1.29 is 9.90 Å². The van der Waals surface area contributed by atoms with Crippen molar-refractivity contribution in [3.05, 3.63) is 35.4 Å². The van der Waals surface area contributed by atoms with Crippen molar-refractivity contribution in [2.24, 2.45) is 5.41 Å². The van der Waals surface area contributed by atoms with Gasteiger partial charge in [0.1, 0.15) is 0 Å². The molecule has 1 aromatic rings. The summed E-state index contributed by atoms with van der Waals surface area (Å²) in [5, 5.41) is 12.8. The summed E-state index contributed by atoms with van der Waals surface area (Å²) in [6.07, 6.45) is 5.56. The van der Waals surface area contributed by atoms with Crippen molar-refractivity contribution in [3.63, 3.8) is 0 Å². The Balaban J connectivity index is 1.65. The fraction of sp³-hybridized carbons (Fsp3) is 0.632. The third-order valence-corrected chi connectivity index (χ3v) is 5.54. The molecule has 2 fully saturated rings. The predicted molar refractivity (Wildman–Crippen MR) is 91.3 cm³/mol. The number of carbonyl (C=O) groups is 1. The van der Waals surface area contributed by atoms with Crippen LogP contribution in [0.1, 0.15) is 54.9 Å². The molecule has 0 aromatic heterocycles. The summed E-state index contributed by atoms with van der Waals surface area (Å²) in [5.41, 5.74) is 1.76. The Bertz CT molecular complexity index is 554. The van der Waals surface area contributed by atoms with E-state index in [4.69, 9.17) is 0 Å². The lowest BCUT2D eigenvalue weighted by molar-refractivity contribution is 0.0830. The molecule has 2 unspecified atom stereocenters. The van der Waals surface area contributed by atoms with E-state index >= 15 is 0 Å². The minimum Gasteiger partial charge on any atom is -0.396 e. The SMILES string of the molecule is CC1(CO)CCCC1NC(=O)c1cccc(CN2CCCC2)c1. The summed E-state index contributed by atoms with van der Waals surface area (Å²) in [6, 6.07) is 8.04. The zero-order valence-corrected chi connectivity index (χ0v) is 14.1. The summed E-state index contributed by atoms with van der Waals surface area (Å²) >= 11 is 0. The van der Waals surface area contributed by atoms with Gasteiger partial charge in [0.2, 0.25) is 0 Å². The van der Waals surface area contributed by atoms with Crippen molar-refractivity contribution in [2.75, 3.05) is 19.7 Å². The second-order valence-corrected chi connectivity index (χ2v) is 7.41. The molecule has 1 saturated carbocycles. The molecule has 4 nitrogen and oxygen atoms in total. The van der Waals surface area contributed by atoms with Gasteiger partial charge in [0.05, 0.1) is 6.61 Å². The van der Waals surface area contributed by atoms with Crippen LogP contribution in [0.4, 0.5) is 0 Å². The highest BCUT2D eigenvalue weighted by Gasteiger charge is 2.39. The first-order valence-electron chi connectivity index (χ1n) is 8.84. The first-order chi connectivity index (χ1) is 11.1. The van der Waals surface area contributed by atoms with Gasteiger partial charge in [-0.15, -0.1) is 0 Å². The van der Waals surface area contributed by atoms with Crippen LogP contribution in [0.25, 0.3) is 0 Å². The van der Waals surface area contributed by atoms with Gasteiger partial charge in [0.15, 0.2) is 0 Å². The fourth-order valence-corrected chi connectivity index (χ4v) is 3.92. The molecule has 1 heterocycles. The first kappa shape index (κ1) is 16.5. The van der Waals surface area contributed by atoms with Crippen LogP contribution >= 0.6 is 0 Å². The fourth-order valence-electron chi connectivity index (χ4n) is 3.92. The summed E-state index contributed by atoms with van der Waals surface area (Å²) in [6.45, 7) is 5.45. The molecule has 1 saturated heterocycles. The zero-order valence-electron chi connectivity index (χ0n) is 14.1. The smallest absolute Gasteiger partial charge is 0.251 e. The van der Waals surface area contributed by atoms with E-state index in [0.717, 1.165) is 44.5 Å². The number of nitrogens with one attached hydrogen (secondary N) is 1. The molecule has 3 rings (SSSR count). The Morgan fingerprint density at radius 1 is 1.35 bits per heavy atom. The topological polar surface area (TPSA) is 52.6 Å². The van der Waals surface area contributed by atoms with Crippen LogP contribution in [0.15, 0.2) is 24.3 Å². The standard InChI is InChI=1S/C19H28N2O2/c1-19(14-22)9-5-8-17(19)20-18(23)16-7-4-6-15(12-16)13-21-10-2-3-11-21/h4,6-7,12,17,22H,2-3,5,8-11,13-14H2,1H3,(H,20,23). The lowest BCUT2D eigenvalue weighted by atomic mass is 9.85. The van der Waals surface area contributed by atoms with E-state index in [0.29, 0.717) is 0 Å². The van der Waals surface area contributed by atoms with Crippen molar-refractivity contribution in [1.82, 2.24) is 10.2 Å². The van der Waals surface area contributed by atoms with E-state index in [1.54, 1.807) is 0 Å². The van der Waals surface area contributed by atoms with Gasteiger partial charge < -0.3 is 10.4 Å². The van der Waals surface area contributed by atoms with E-state index in [-0.39, 0.29) is 24.0 Å². The van der Waals surface area contributed by atoms with Crippen molar-refractivity contribution in [1.29, 1.82) is 0 Å². The molecule has 4 heteroatoms. The van der Waals surface area contributed by atoms with E-state index in [9.17, 15) is 9.90 Å². The number of benzene rings is 1. The van der Waals surface area contributed by atoms with Crippen molar-refractivity contribution in [3.8, 4) is 0 Å². The van der Waals surface area contributed by atoms with Crippen LogP contribution in [-0.4, -0.2) is 41.7 Å². The molecule has 2 N–H and O–H groups in total. The van der Waals surface area contributed by atoms with Crippen LogP contribution in [0.5, 0.6) is 0 Å². The van der Waals surface area contributed by atoms with Gasteiger partial charge in [-0.3, -0.25) is 9.69 Å². The van der Waals surface area contributed by atoms with E-state index in [2.05, 4.69) is 23.2 Å². The van der Waals surface area contributed by atoms with Crippen LogP contribution in [-0.2, 0) is 6.54 Å². The van der Waals surface area contributed by atoms with Crippen LogP contribution < -0.4 is 5.32 Å². The number of amides is 1. The molecule has 2 atom stereocenters. The second-order valence-electron chi connectivity index (χ2n) is 7.41. The summed E-state index contributed by atoms with van der Waals surface area (Å²) < 4.78 is 0. The summed E-state index contributed by atoms with van der Waals surface area (Å²) in [4.78, 5) is 15.0. The molecule has 0 radical (unpaired) electrons. The van der Waals surface area contributed by atoms with Crippen molar-refractivity contribution in [2.45, 2.75) is 51.6 Å². The lowest BCUT2D eigenvalue weighted by Crippen LogP contribution is -2.44. The van der Waals surface area contributed by atoms with E-state index in [1.165, 1.54) is 18.4 Å². The number of rotatable bonds is 5. The molecule has 126 valence electrons. The normalized spacial score (nSPS) is 28.2. The molecular weight excluding hydrogens is 288 g/mol. The van der Waals surface area contributed by atoms with Gasteiger partial charge in [0.25, 0.3) is 5.91 Å². The van der Waals surface area contributed by atoms with Gasteiger partial charge in [0, 0.05) is 23.6 Å². The van der Waals surface area contributed by atoms with Gasteiger partial charge in [-0.25, -0.2) is 0 Å². The lowest BCUT2D eigenvalue weighted by Gasteiger charge is -2.30. The third-order valence-electron chi connectivity index (χ3n) is 5.54. The average Bonchev–Trinajstić information content (AvgIpc) is 3.19. The number of nitrogens with zero attached hydrogens (tertiary/aromatic N) is 1. The van der Waals surface area contributed by atoms with E-state index < -0.39 is 0 Å². The second kappa shape index (κ2) is 7.02. The largest absolute Gasteiger partial charge is 0.396 e. The Morgan fingerprint density at radius 2 is 2.13 bits per heavy atom. The van der Waals surface area contributed by atoms with Gasteiger partial charge in [-0.05, 0) is 56.5 Å². The number of hydrogen-bond donors (Lipinski definition) is 2. The maximum Gasteiger partial charge on any atom is 0.251 e. The minimum atomic E-state index is -0.178. The van der Waals surface area contributed by atoms with Crippen LogP contribution in [0, 0.1) is 5.41 Å². The molecule has 23 heavy (non-hydrogen) atoms. The van der Waals surface area contributed by atoms with Gasteiger partial charge >= 0.3 is 0 Å². The number of aliphatic hydroxyl groups is 1. The summed E-state index contributed by atoms with van der Waals surface area (Å²) in [5.74, 6) is -0.0140. The Labute approximate surface area is 138 Å². The number of likely N-dealkylation sites (tertiary alicyclic amines) is 1. The Kier molecular flexibility index (Phi) is 5.02. The highest BCUT2D eigenvalue weighted by atomic mass is 16.3. The van der Waals surface area contributed by atoms with Crippen molar-refractivity contribution >= 4 is 5.91 Å². The number of carbonyl (C=O) groups excluding carboxylic acids is 1. The monoisotopic (exact) mass is 316 g/mol. The van der Waals surface area contributed by atoms with Crippen LogP contribution in [0.3, 0.4) is 0 Å². The molecule has 0 bridgehead atoms. The third kappa shape index (κ3) is 3.75. The quantitative estimate of drug-likeness (QED) is 0.878. The molecule has 1 aliphatic heterocycles. The minimum absolute atomic E-state index is 0.0140. The average molecular weight is 316 g/mol. The Morgan fingerprint density at radius 3 is 2.87 bits per heavy atom. The zero-order chi connectivity index (χ0) is 16.3. The number of aliphatic hydroxyl groups excluding tert-OH is 1. The molecule has 1 aromatic carbocycles. The predicted octanol–water partition coefficient (Wildman–Crippen LogP) is 2.56. The highest BCUT2D eigenvalue weighted by molar-refractivity contribution is 5.94. The van der Waals surface area contributed by atoms with E-state index in [1.807, 2.05) is 18.2 Å². The van der Waals surface area contributed by atoms with Gasteiger partial charge in [-0.1, -0.05) is 25.5 Å². The molecular formula is C19H28N2O2. The van der Waals surface area contributed by atoms with Crippen LogP contribution in [0.2, 0.25) is 0 Å². The summed E-state index contributed by atoms with van der Waals surface area (Å²) in [7, 11) is 0. The Hall–Kier alpha value is -1.39. The molecule has 2 aliphatic rings. The van der Waals surface area contributed by atoms with Gasteiger partial charge in [-0.2, -0.15) is 0 Å². The maximum absolute atomic E-state index is 12.6. The molecule has 0 spiro atoms. The highest BCUT2D eigenvalue weighted by Crippen LogP contribution is 2.37. The molecule has 1 amide bonds.